The fraction of sp³-hybridized carbons (Fsp3) is 0.923. The lowest BCUT2D eigenvalue weighted by molar-refractivity contribution is -0.153. The van der Waals surface area contributed by atoms with Gasteiger partial charge in [-0.05, 0) is 13.3 Å². The number of hydrogen-bond acceptors (Lipinski definition) is 3. The highest BCUT2D eigenvalue weighted by atomic mass is 16.5. The summed E-state index contributed by atoms with van der Waals surface area (Å²) in [5.41, 5.74) is 0. The Bertz CT molecular complexity index is 169. The predicted octanol–water partition coefficient (Wildman–Crippen LogP) is 3.05. The van der Waals surface area contributed by atoms with E-state index in [-0.39, 0.29) is 0 Å². The molecule has 0 radical (unpaired) electrons. The van der Waals surface area contributed by atoms with Crippen molar-refractivity contribution in [1.29, 1.82) is 0 Å². The van der Waals surface area contributed by atoms with Gasteiger partial charge in [0.25, 0.3) is 0 Å². The van der Waals surface area contributed by atoms with Gasteiger partial charge >= 0.3 is 5.97 Å². The van der Waals surface area contributed by atoms with Gasteiger partial charge in [-0.3, -0.25) is 0 Å². The summed E-state index contributed by atoms with van der Waals surface area (Å²) in [5.74, 6) is -0.478. The largest absolute Gasteiger partial charge is 0.464 e. The molecule has 0 aliphatic heterocycles. The number of ether oxygens (including phenoxy) is 1. The number of aliphatic hydroxyl groups is 1. The minimum absolute atomic E-state index is 0.340. The van der Waals surface area contributed by atoms with Crippen LogP contribution in [0.25, 0.3) is 0 Å². The Morgan fingerprint density at radius 3 is 2.19 bits per heavy atom. The lowest BCUT2D eigenvalue weighted by Crippen LogP contribution is -2.22. The van der Waals surface area contributed by atoms with E-state index in [1.54, 1.807) is 6.92 Å². The van der Waals surface area contributed by atoms with Crippen LogP contribution in [0.4, 0.5) is 0 Å². The summed E-state index contributed by atoms with van der Waals surface area (Å²) in [7, 11) is 0. The molecule has 0 aromatic rings. The van der Waals surface area contributed by atoms with Crippen molar-refractivity contribution >= 4 is 5.97 Å². The van der Waals surface area contributed by atoms with Crippen molar-refractivity contribution in [2.45, 2.75) is 71.3 Å². The van der Waals surface area contributed by atoms with E-state index in [0.29, 0.717) is 13.0 Å². The highest BCUT2D eigenvalue weighted by Gasteiger charge is 2.14. The van der Waals surface area contributed by atoms with Gasteiger partial charge < -0.3 is 9.84 Å². The van der Waals surface area contributed by atoms with Crippen molar-refractivity contribution < 1.29 is 14.6 Å². The van der Waals surface area contributed by atoms with Gasteiger partial charge in [-0.25, -0.2) is 4.79 Å². The molecular weight excluding hydrogens is 204 g/mol. The molecule has 0 saturated carbocycles. The molecule has 0 rings (SSSR count). The van der Waals surface area contributed by atoms with Crippen LogP contribution in [0.3, 0.4) is 0 Å². The number of unbranched alkanes of at least 4 members (excludes halogenated alkanes) is 6. The van der Waals surface area contributed by atoms with Gasteiger partial charge in [0, 0.05) is 0 Å². The van der Waals surface area contributed by atoms with Crippen LogP contribution >= 0.6 is 0 Å². The molecule has 0 aromatic carbocycles. The molecule has 0 heterocycles. The first-order valence-electron chi connectivity index (χ1n) is 6.57. The fourth-order valence-corrected chi connectivity index (χ4v) is 1.65. The molecule has 0 amide bonds. The van der Waals surface area contributed by atoms with E-state index in [1.807, 2.05) is 0 Å². The van der Waals surface area contributed by atoms with E-state index in [2.05, 4.69) is 6.92 Å². The lowest BCUT2D eigenvalue weighted by Gasteiger charge is -2.08. The summed E-state index contributed by atoms with van der Waals surface area (Å²) in [6.07, 6.45) is 7.97. The maximum Gasteiger partial charge on any atom is 0.334 e. The Labute approximate surface area is 99.2 Å². The summed E-state index contributed by atoms with van der Waals surface area (Å²) in [6, 6.07) is 0. The second-order valence-corrected chi connectivity index (χ2v) is 4.18. The van der Waals surface area contributed by atoms with Crippen molar-refractivity contribution in [2.24, 2.45) is 0 Å². The van der Waals surface area contributed by atoms with E-state index in [4.69, 9.17) is 4.74 Å². The Kier molecular flexibility index (Phi) is 10.5. The first-order chi connectivity index (χ1) is 7.72. The third kappa shape index (κ3) is 8.72. The minimum atomic E-state index is -0.921. The molecule has 0 aliphatic rings. The zero-order valence-electron chi connectivity index (χ0n) is 10.7. The number of hydrogen-bond donors (Lipinski definition) is 1. The monoisotopic (exact) mass is 230 g/mol. The van der Waals surface area contributed by atoms with Gasteiger partial charge in [0.1, 0.15) is 0 Å². The number of carbonyl (C=O) groups excluding carboxylic acids is 1. The van der Waals surface area contributed by atoms with Crippen LogP contribution in [0, 0.1) is 0 Å². The third-order valence-electron chi connectivity index (χ3n) is 2.64. The summed E-state index contributed by atoms with van der Waals surface area (Å²) < 4.78 is 4.72. The second kappa shape index (κ2) is 10.9. The first kappa shape index (κ1) is 15.4. The molecule has 3 nitrogen and oxygen atoms in total. The molecular formula is C13H26O3. The van der Waals surface area contributed by atoms with Crippen molar-refractivity contribution in [3.8, 4) is 0 Å². The molecule has 0 fully saturated rings. The van der Waals surface area contributed by atoms with Gasteiger partial charge in [0.05, 0.1) is 6.61 Å². The zero-order valence-corrected chi connectivity index (χ0v) is 10.7. The predicted molar refractivity (Wildman–Crippen MR) is 65.2 cm³/mol. The van der Waals surface area contributed by atoms with Crippen LogP contribution in [0.1, 0.15) is 65.2 Å². The van der Waals surface area contributed by atoms with E-state index >= 15 is 0 Å². The van der Waals surface area contributed by atoms with E-state index < -0.39 is 12.1 Å². The van der Waals surface area contributed by atoms with Gasteiger partial charge in [-0.15, -0.1) is 0 Å². The zero-order chi connectivity index (χ0) is 12.2. The summed E-state index contributed by atoms with van der Waals surface area (Å²) in [4.78, 5) is 11.1. The quantitative estimate of drug-likeness (QED) is 0.463. The Hall–Kier alpha value is -0.570. The number of aliphatic hydroxyl groups excluding tert-OH is 1. The first-order valence-corrected chi connectivity index (χ1v) is 6.57. The van der Waals surface area contributed by atoms with Crippen LogP contribution in [-0.4, -0.2) is 23.8 Å². The summed E-state index contributed by atoms with van der Waals surface area (Å²) >= 11 is 0. The highest BCUT2D eigenvalue weighted by molar-refractivity contribution is 5.74. The smallest absolute Gasteiger partial charge is 0.334 e. The van der Waals surface area contributed by atoms with Gasteiger partial charge in [-0.1, -0.05) is 51.9 Å². The SMILES string of the molecule is CCCCCCCCCC(O)C(=O)OCC. The van der Waals surface area contributed by atoms with Gasteiger partial charge in [0.15, 0.2) is 6.10 Å². The Balaban J connectivity index is 3.27. The van der Waals surface area contributed by atoms with Crippen molar-refractivity contribution in [3.05, 3.63) is 0 Å². The number of esters is 1. The maximum atomic E-state index is 11.1. The molecule has 1 atom stereocenters. The fourth-order valence-electron chi connectivity index (χ4n) is 1.65. The molecule has 0 saturated heterocycles. The molecule has 16 heavy (non-hydrogen) atoms. The van der Waals surface area contributed by atoms with Crippen LogP contribution in [0.2, 0.25) is 0 Å². The molecule has 96 valence electrons. The molecule has 0 aliphatic carbocycles. The Morgan fingerprint density at radius 1 is 1.06 bits per heavy atom. The topological polar surface area (TPSA) is 46.5 Å². The Morgan fingerprint density at radius 2 is 1.62 bits per heavy atom. The molecule has 3 heteroatoms. The standard InChI is InChI=1S/C13H26O3/c1-3-5-6-7-8-9-10-11-12(14)13(15)16-4-2/h12,14H,3-11H2,1-2H3. The van der Waals surface area contributed by atoms with Crippen molar-refractivity contribution in [2.75, 3.05) is 6.61 Å². The van der Waals surface area contributed by atoms with Crippen molar-refractivity contribution in [3.63, 3.8) is 0 Å². The summed E-state index contributed by atoms with van der Waals surface area (Å²) in [5, 5.41) is 9.42. The number of rotatable bonds is 10. The van der Waals surface area contributed by atoms with Gasteiger partial charge in [-0.2, -0.15) is 0 Å². The van der Waals surface area contributed by atoms with Gasteiger partial charge in [0.2, 0.25) is 0 Å². The van der Waals surface area contributed by atoms with Crippen LogP contribution in [-0.2, 0) is 9.53 Å². The summed E-state index contributed by atoms with van der Waals surface area (Å²) in [6.45, 7) is 4.29. The van der Waals surface area contributed by atoms with E-state index in [0.717, 1.165) is 12.8 Å². The minimum Gasteiger partial charge on any atom is -0.464 e. The second-order valence-electron chi connectivity index (χ2n) is 4.18. The average Bonchev–Trinajstić information content (AvgIpc) is 2.28. The molecule has 1 N–H and O–H groups in total. The highest BCUT2D eigenvalue weighted by Crippen LogP contribution is 2.10. The lowest BCUT2D eigenvalue weighted by atomic mass is 10.1. The van der Waals surface area contributed by atoms with Crippen molar-refractivity contribution in [1.82, 2.24) is 0 Å². The number of carbonyl (C=O) groups is 1. The van der Waals surface area contributed by atoms with E-state index in [1.165, 1.54) is 32.1 Å². The molecule has 0 bridgehead atoms. The van der Waals surface area contributed by atoms with Crippen LogP contribution in [0.5, 0.6) is 0 Å². The molecule has 1 unspecified atom stereocenters. The van der Waals surface area contributed by atoms with E-state index in [9.17, 15) is 9.90 Å². The third-order valence-corrected chi connectivity index (χ3v) is 2.64. The molecule has 0 spiro atoms. The molecule has 0 aromatic heterocycles. The normalized spacial score (nSPS) is 12.4. The van der Waals surface area contributed by atoms with Crippen LogP contribution < -0.4 is 0 Å². The van der Waals surface area contributed by atoms with Crippen LogP contribution in [0.15, 0.2) is 0 Å². The average molecular weight is 230 g/mol. The maximum absolute atomic E-state index is 11.1.